The van der Waals surface area contributed by atoms with Gasteiger partial charge in [-0.3, -0.25) is 0 Å². The molecule has 9 heteroatoms. The molecule has 0 aromatic heterocycles. The SMILES string of the molecule is O=C(O)c1ccc(Oc2ccccc2S(=O)(=O)c2ccccc2Oc2ccc(C(=O)O)cc2)cc1. The average molecular weight is 490 g/mol. The largest absolute Gasteiger partial charge is 0.478 e. The van der Waals surface area contributed by atoms with Crippen LogP contribution >= 0.6 is 0 Å². The Hall–Kier alpha value is -4.63. The molecular formula is C26H18O8S. The second-order valence-electron chi connectivity index (χ2n) is 7.26. The van der Waals surface area contributed by atoms with E-state index in [9.17, 15) is 18.0 Å². The fourth-order valence-electron chi connectivity index (χ4n) is 3.22. The van der Waals surface area contributed by atoms with E-state index in [4.69, 9.17) is 19.7 Å². The van der Waals surface area contributed by atoms with E-state index in [1.54, 1.807) is 24.3 Å². The molecule has 0 aliphatic rings. The minimum atomic E-state index is -4.12. The van der Waals surface area contributed by atoms with Gasteiger partial charge in [-0.2, -0.15) is 0 Å². The number of carboxylic acids is 2. The molecular weight excluding hydrogens is 472 g/mol. The van der Waals surface area contributed by atoms with Crippen molar-refractivity contribution < 1.29 is 37.7 Å². The van der Waals surface area contributed by atoms with E-state index in [-0.39, 0.29) is 43.9 Å². The Morgan fingerprint density at radius 1 is 0.543 bits per heavy atom. The highest BCUT2D eigenvalue weighted by atomic mass is 32.2. The zero-order valence-corrected chi connectivity index (χ0v) is 18.8. The van der Waals surface area contributed by atoms with Crippen LogP contribution in [0.4, 0.5) is 0 Å². The predicted octanol–water partition coefficient (Wildman–Crippen LogP) is 5.50. The molecule has 0 saturated heterocycles. The van der Waals surface area contributed by atoms with Crippen molar-refractivity contribution in [2.24, 2.45) is 0 Å². The molecule has 176 valence electrons. The molecule has 0 bridgehead atoms. The van der Waals surface area contributed by atoms with Crippen molar-refractivity contribution in [3.05, 3.63) is 108 Å². The monoisotopic (exact) mass is 490 g/mol. The third kappa shape index (κ3) is 5.15. The number of para-hydroxylation sites is 2. The van der Waals surface area contributed by atoms with Crippen LogP contribution in [0.1, 0.15) is 20.7 Å². The average Bonchev–Trinajstić information content (AvgIpc) is 2.85. The predicted molar refractivity (Wildman–Crippen MR) is 125 cm³/mol. The lowest BCUT2D eigenvalue weighted by Gasteiger charge is -2.15. The van der Waals surface area contributed by atoms with E-state index in [1.165, 1.54) is 72.8 Å². The summed E-state index contributed by atoms with van der Waals surface area (Å²) in [5.41, 5.74) is 0.140. The highest BCUT2D eigenvalue weighted by Gasteiger charge is 2.26. The van der Waals surface area contributed by atoms with E-state index in [2.05, 4.69) is 0 Å². The quantitative estimate of drug-likeness (QED) is 0.331. The first-order valence-corrected chi connectivity index (χ1v) is 11.7. The lowest BCUT2D eigenvalue weighted by molar-refractivity contribution is 0.0686. The Morgan fingerprint density at radius 3 is 1.23 bits per heavy atom. The number of aromatic carboxylic acids is 2. The zero-order valence-electron chi connectivity index (χ0n) is 18.0. The molecule has 0 saturated carbocycles. The Labute approximate surface area is 200 Å². The summed E-state index contributed by atoms with van der Waals surface area (Å²) in [4.78, 5) is 21.9. The molecule has 0 aliphatic carbocycles. The maximum absolute atomic E-state index is 13.6. The van der Waals surface area contributed by atoms with Gasteiger partial charge in [0, 0.05) is 0 Å². The summed E-state index contributed by atoms with van der Waals surface area (Å²) in [7, 11) is -4.12. The Bertz CT molecular complexity index is 1380. The Balaban J connectivity index is 1.68. The number of benzene rings is 4. The highest BCUT2D eigenvalue weighted by molar-refractivity contribution is 7.91. The number of ether oxygens (including phenoxy) is 2. The number of hydrogen-bond acceptors (Lipinski definition) is 6. The number of hydrogen-bond donors (Lipinski definition) is 2. The third-order valence-electron chi connectivity index (χ3n) is 4.94. The van der Waals surface area contributed by atoms with Crippen molar-refractivity contribution >= 4 is 21.8 Å². The third-order valence-corrected chi connectivity index (χ3v) is 6.77. The first kappa shape index (κ1) is 23.5. The van der Waals surface area contributed by atoms with Gasteiger partial charge in [0.25, 0.3) is 0 Å². The topological polar surface area (TPSA) is 127 Å². The van der Waals surface area contributed by atoms with Crippen molar-refractivity contribution in [2.45, 2.75) is 9.79 Å². The zero-order chi connectivity index (χ0) is 25.0. The van der Waals surface area contributed by atoms with Gasteiger partial charge in [0.05, 0.1) is 11.1 Å². The van der Waals surface area contributed by atoms with Crippen LogP contribution in [0, 0.1) is 0 Å². The van der Waals surface area contributed by atoms with Crippen LogP contribution < -0.4 is 9.47 Å². The molecule has 0 unspecified atom stereocenters. The summed E-state index contributed by atoms with van der Waals surface area (Å²) < 4.78 is 38.8. The van der Waals surface area contributed by atoms with E-state index in [1.807, 2.05) is 0 Å². The fourth-order valence-corrected chi connectivity index (χ4v) is 4.72. The van der Waals surface area contributed by atoms with Gasteiger partial charge < -0.3 is 19.7 Å². The van der Waals surface area contributed by atoms with Gasteiger partial charge in [-0.15, -0.1) is 0 Å². The minimum absolute atomic E-state index is 0.0520. The Kier molecular flexibility index (Phi) is 6.52. The molecule has 4 aromatic rings. The number of rotatable bonds is 8. The van der Waals surface area contributed by atoms with Crippen LogP contribution in [0.2, 0.25) is 0 Å². The molecule has 4 rings (SSSR count). The van der Waals surface area contributed by atoms with Gasteiger partial charge in [0.15, 0.2) is 0 Å². The maximum Gasteiger partial charge on any atom is 0.335 e. The summed E-state index contributed by atoms with van der Waals surface area (Å²) in [6, 6.07) is 23.3. The van der Waals surface area contributed by atoms with E-state index >= 15 is 0 Å². The first-order valence-electron chi connectivity index (χ1n) is 10.2. The van der Waals surface area contributed by atoms with Gasteiger partial charge in [-0.1, -0.05) is 24.3 Å². The van der Waals surface area contributed by atoms with Gasteiger partial charge >= 0.3 is 11.9 Å². The Morgan fingerprint density at radius 2 is 0.886 bits per heavy atom. The molecule has 35 heavy (non-hydrogen) atoms. The van der Waals surface area contributed by atoms with Crippen LogP contribution in [0.15, 0.2) is 107 Å². The molecule has 0 heterocycles. The molecule has 2 N–H and O–H groups in total. The van der Waals surface area contributed by atoms with Crippen LogP contribution in [-0.4, -0.2) is 30.6 Å². The van der Waals surface area contributed by atoms with Crippen LogP contribution in [-0.2, 0) is 9.84 Å². The summed E-state index contributed by atoms with van der Waals surface area (Å²) in [5.74, 6) is -1.55. The van der Waals surface area contributed by atoms with E-state index < -0.39 is 21.8 Å². The summed E-state index contributed by atoms with van der Waals surface area (Å²) in [6.45, 7) is 0. The number of carbonyl (C=O) groups is 2. The summed E-state index contributed by atoms with van der Waals surface area (Å²) in [6.07, 6.45) is 0. The van der Waals surface area contributed by atoms with Crippen LogP contribution in [0.5, 0.6) is 23.0 Å². The lowest BCUT2D eigenvalue weighted by Crippen LogP contribution is -2.06. The van der Waals surface area contributed by atoms with Crippen LogP contribution in [0.25, 0.3) is 0 Å². The van der Waals surface area contributed by atoms with Crippen molar-refractivity contribution in [2.75, 3.05) is 0 Å². The van der Waals surface area contributed by atoms with Crippen molar-refractivity contribution in [3.8, 4) is 23.0 Å². The number of sulfone groups is 1. The van der Waals surface area contributed by atoms with Gasteiger partial charge in [0.1, 0.15) is 32.8 Å². The second-order valence-corrected chi connectivity index (χ2v) is 9.15. The normalized spacial score (nSPS) is 11.0. The van der Waals surface area contributed by atoms with Crippen molar-refractivity contribution in [1.82, 2.24) is 0 Å². The molecule has 0 fully saturated rings. The standard InChI is InChI=1S/C26H18O8S/c27-25(28)17-9-13-19(14-10-17)33-21-5-1-3-7-23(21)35(31,32)24-8-4-2-6-22(24)34-20-15-11-18(12-16-20)26(29)30/h1-16H,(H,27,28)(H,29,30). The molecule has 0 spiro atoms. The molecule has 0 aliphatic heterocycles. The van der Waals surface area contributed by atoms with Gasteiger partial charge in [0.2, 0.25) is 9.84 Å². The minimum Gasteiger partial charge on any atom is -0.478 e. The van der Waals surface area contributed by atoms with Crippen molar-refractivity contribution in [1.29, 1.82) is 0 Å². The highest BCUT2D eigenvalue weighted by Crippen LogP contribution is 2.37. The summed E-state index contributed by atoms with van der Waals surface area (Å²) in [5, 5.41) is 18.1. The fraction of sp³-hybridized carbons (Fsp3) is 0. The molecule has 8 nitrogen and oxygen atoms in total. The smallest absolute Gasteiger partial charge is 0.335 e. The summed E-state index contributed by atoms with van der Waals surface area (Å²) >= 11 is 0. The van der Waals surface area contributed by atoms with Gasteiger partial charge in [-0.25, -0.2) is 18.0 Å². The maximum atomic E-state index is 13.6. The van der Waals surface area contributed by atoms with Crippen molar-refractivity contribution in [3.63, 3.8) is 0 Å². The first-order chi connectivity index (χ1) is 16.8. The molecule has 0 radical (unpaired) electrons. The molecule has 0 amide bonds. The second kappa shape index (κ2) is 9.70. The molecule has 4 aromatic carbocycles. The lowest BCUT2D eigenvalue weighted by atomic mass is 10.2. The molecule has 0 atom stereocenters. The van der Waals surface area contributed by atoms with E-state index in [0.29, 0.717) is 0 Å². The van der Waals surface area contributed by atoms with E-state index in [0.717, 1.165) is 0 Å². The van der Waals surface area contributed by atoms with Crippen LogP contribution in [0.3, 0.4) is 0 Å². The number of carboxylic acid groups (broad SMARTS) is 2. The van der Waals surface area contributed by atoms with Gasteiger partial charge in [-0.05, 0) is 72.8 Å².